The molecule has 0 atom stereocenters. The van der Waals surface area contributed by atoms with Gasteiger partial charge in [0.1, 0.15) is 5.69 Å². The molecule has 19 heavy (non-hydrogen) atoms. The lowest BCUT2D eigenvalue weighted by atomic mass is 10.2. The molecule has 0 bridgehead atoms. The first-order valence-electron chi connectivity index (χ1n) is 6.59. The molecule has 0 saturated carbocycles. The highest BCUT2D eigenvalue weighted by atomic mass is 16.6. The first kappa shape index (κ1) is 13.5. The molecule has 0 radical (unpaired) electrons. The van der Waals surface area contributed by atoms with E-state index < -0.39 is 0 Å². The third-order valence-electron chi connectivity index (χ3n) is 3.35. The van der Waals surface area contributed by atoms with E-state index in [1.807, 2.05) is 4.90 Å². The molecule has 0 spiro atoms. The van der Waals surface area contributed by atoms with Crippen LogP contribution in [0, 0.1) is 17.0 Å². The number of aromatic nitrogens is 2. The smallest absolute Gasteiger partial charge is 0.332 e. The van der Waals surface area contributed by atoms with E-state index in [9.17, 15) is 10.1 Å². The van der Waals surface area contributed by atoms with Crippen molar-refractivity contribution < 1.29 is 4.92 Å². The van der Waals surface area contributed by atoms with Gasteiger partial charge in [-0.3, -0.25) is 10.1 Å². The minimum Gasteiger partial charge on any atom is -0.357 e. The molecule has 104 valence electrons. The number of nitro groups is 1. The van der Waals surface area contributed by atoms with Crippen molar-refractivity contribution in [1.29, 1.82) is 0 Å². The zero-order chi connectivity index (χ0) is 13.8. The highest BCUT2D eigenvalue weighted by Crippen LogP contribution is 2.31. The molecule has 1 N–H and O–H groups in total. The van der Waals surface area contributed by atoms with Crippen molar-refractivity contribution in [2.75, 3.05) is 30.4 Å². The lowest BCUT2D eigenvalue weighted by molar-refractivity contribution is -0.385. The van der Waals surface area contributed by atoms with Gasteiger partial charge in [-0.05, 0) is 19.8 Å². The van der Waals surface area contributed by atoms with Crippen molar-refractivity contribution in [1.82, 2.24) is 9.97 Å². The van der Waals surface area contributed by atoms with Gasteiger partial charge < -0.3 is 10.2 Å². The van der Waals surface area contributed by atoms with Crippen LogP contribution in [0.15, 0.2) is 0 Å². The van der Waals surface area contributed by atoms with Gasteiger partial charge in [0, 0.05) is 20.1 Å². The summed E-state index contributed by atoms with van der Waals surface area (Å²) in [7, 11) is 1.72. The Morgan fingerprint density at radius 2 is 1.84 bits per heavy atom. The van der Waals surface area contributed by atoms with Gasteiger partial charge in [-0.1, -0.05) is 12.8 Å². The van der Waals surface area contributed by atoms with E-state index in [4.69, 9.17) is 0 Å². The molecular weight excluding hydrogens is 246 g/mol. The molecule has 1 aromatic heterocycles. The predicted molar refractivity (Wildman–Crippen MR) is 73.7 cm³/mol. The highest BCUT2D eigenvalue weighted by Gasteiger charge is 2.26. The Hall–Kier alpha value is -1.92. The normalized spacial score (nSPS) is 16.0. The topological polar surface area (TPSA) is 84.2 Å². The average molecular weight is 265 g/mol. The molecule has 1 aromatic rings. The Morgan fingerprint density at radius 1 is 1.21 bits per heavy atom. The molecule has 2 heterocycles. The summed E-state index contributed by atoms with van der Waals surface area (Å²) in [5.41, 5.74) is 0.435. The minimum absolute atomic E-state index is 0.0286. The van der Waals surface area contributed by atoms with Gasteiger partial charge in [0.15, 0.2) is 0 Å². The second-order valence-corrected chi connectivity index (χ2v) is 4.71. The van der Waals surface area contributed by atoms with E-state index in [1.54, 1.807) is 14.0 Å². The Kier molecular flexibility index (Phi) is 4.13. The van der Waals surface area contributed by atoms with Crippen LogP contribution in [0.25, 0.3) is 0 Å². The van der Waals surface area contributed by atoms with Gasteiger partial charge in [0.2, 0.25) is 11.8 Å². The standard InChI is InChI=1S/C12H19N5O2/c1-9-10(17(18)19)11(15-12(13-2)14-9)16-7-5-3-4-6-8-16/h3-8H2,1-2H3,(H,13,14,15). The maximum Gasteiger partial charge on any atom is 0.332 e. The molecule has 1 saturated heterocycles. The minimum atomic E-state index is -0.380. The Balaban J connectivity index is 2.45. The molecule has 0 aliphatic carbocycles. The van der Waals surface area contributed by atoms with Crippen LogP contribution in [0.4, 0.5) is 17.5 Å². The molecule has 1 aliphatic rings. The summed E-state index contributed by atoms with van der Waals surface area (Å²) in [6.45, 7) is 3.29. The Labute approximate surface area is 112 Å². The molecular formula is C12H19N5O2. The van der Waals surface area contributed by atoms with E-state index in [2.05, 4.69) is 15.3 Å². The summed E-state index contributed by atoms with van der Waals surface area (Å²) < 4.78 is 0. The summed E-state index contributed by atoms with van der Waals surface area (Å²) in [6.07, 6.45) is 4.45. The van der Waals surface area contributed by atoms with Crippen LogP contribution in [-0.4, -0.2) is 35.0 Å². The van der Waals surface area contributed by atoms with E-state index in [-0.39, 0.29) is 10.6 Å². The lowest BCUT2D eigenvalue weighted by Crippen LogP contribution is -2.26. The van der Waals surface area contributed by atoms with Gasteiger partial charge in [0.25, 0.3) is 0 Å². The zero-order valence-corrected chi connectivity index (χ0v) is 11.3. The fraction of sp³-hybridized carbons (Fsp3) is 0.667. The van der Waals surface area contributed by atoms with Crippen molar-refractivity contribution in [2.24, 2.45) is 0 Å². The third kappa shape index (κ3) is 2.91. The number of nitrogens with zero attached hydrogens (tertiary/aromatic N) is 4. The highest BCUT2D eigenvalue weighted by molar-refractivity contribution is 5.62. The van der Waals surface area contributed by atoms with Crippen LogP contribution in [0.5, 0.6) is 0 Å². The van der Waals surface area contributed by atoms with Crippen LogP contribution in [0.1, 0.15) is 31.4 Å². The molecule has 2 rings (SSSR count). The molecule has 0 aromatic carbocycles. The fourth-order valence-electron chi connectivity index (χ4n) is 2.38. The van der Waals surface area contributed by atoms with Crippen molar-refractivity contribution in [3.8, 4) is 0 Å². The third-order valence-corrected chi connectivity index (χ3v) is 3.35. The lowest BCUT2D eigenvalue weighted by Gasteiger charge is -2.21. The second kappa shape index (κ2) is 5.81. The Morgan fingerprint density at radius 3 is 2.37 bits per heavy atom. The van der Waals surface area contributed by atoms with Crippen molar-refractivity contribution >= 4 is 17.5 Å². The van der Waals surface area contributed by atoms with Gasteiger partial charge in [0.05, 0.1) is 4.92 Å². The number of aryl methyl sites for hydroxylation is 1. The maximum absolute atomic E-state index is 11.2. The number of hydrogen-bond donors (Lipinski definition) is 1. The summed E-state index contributed by atoms with van der Waals surface area (Å²) in [6, 6.07) is 0. The van der Waals surface area contributed by atoms with Crippen molar-refractivity contribution in [2.45, 2.75) is 32.6 Å². The second-order valence-electron chi connectivity index (χ2n) is 4.71. The van der Waals surface area contributed by atoms with Gasteiger partial charge in [-0.15, -0.1) is 0 Å². The summed E-state index contributed by atoms with van der Waals surface area (Å²) in [5.74, 6) is 0.881. The first-order chi connectivity index (χ1) is 9.13. The predicted octanol–water partition coefficient (Wildman–Crippen LogP) is 2.12. The number of hydrogen-bond acceptors (Lipinski definition) is 6. The largest absolute Gasteiger partial charge is 0.357 e. The van der Waals surface area contributed by atoms with Crippen molar-refractivity contribution in [3.05, 3.63) is 15.8 Å². The molecule has 7 heteroatoms. The molecule has 0 unspecified atom stereocenters. The number of nitrogens with one attached hydrogen (secondary N) is 1. The SMILES string of the molecule is CNc1nc(C)c([N+](=O)[O-])c(N2CCCCCC2)n1. The van der Waals surface area contributed by atoms with Gasteiger partial charge in [-0.2, -0.15) is 4.98 Å². The number of rotatable bonds is 3. The van der Waals surface area contributed by atoms with Crippen LogP contribution in [-0.2, 0) is 0 Å². The van der Waals surface area contributed by atoms with E-state index in [0.717, 1.165) is 25.9 Å². The molecule has 1 aliphatic heterocycles. The summed E-state index contributed by atoms with van der Waals surface area (Å²) >= 11 is 0. The first-order valence-corrected chi connectivity index (χ1v) is 6.59. The Bertz CT molecular complexity index is 469. The van der Waals surface area contributed by atoms with Crippen LogP contribution >= 0.6 is 0 Å². The van der Waals surface area contributed by atoms with Crippen LogP contribution < -0.4 is 10.2 Å². The van der Waals surface area contributed by atoms with Gasteiger partial charge >= 0.3 is 5.69 Å². The number of anilines is 2. The molecule has 0 amide bonds. The maximum atomic E-state index is 11.2. The van der Waals surface area contributed by atoms with Gasteiger partial charge in [-0.25, -0.2) is 4.98 Å². The monoisotopic (exact) mass is 265 g/mol. The van der Waals surface area contributed by atoms with Crippen LogP contribution in [0.3, 0.4) is 0 Å². The van der Waals surface area contributed by atoms with E-state index in [1.165, 1.54) is 12.8 Å². The van der Waals surface area contributed by atoms with Crippen molar-refractivity contribution in [3.63, 3.8) is 0 Å². The quantitative estimate of drug-likeness (QED) is 0.665. The molecule has 7 nitrogen and oxygen atoms in total. The molecule has 1 fully saturated rings. The zero-order valence-electron chi connectivity index (χ0n) is 11.3. The summed E-state index contributed by atoms with van der Waals surface area (Å²) in [4.78, 5) is 21.3. The van der Waals surface area contributed by atoms with E-state index in [0.29, 0.717) is 17.5 Å². The fourth-order valence-corrected chi connectivity index (χ4v) is 2.38. The van der Waals surface area contributed by atoms with E-state index >= 15 is 0 Å². The summed E-state index contributed by atoms with van der Waals surface area (Å²) in [5, 5.41) is 14.1. The average Bonchev–Trinajstić information content (AvgIpc) is 2.65. The van der Waals surface area contributed by atoms with Crippen LogP contribution in [0.2, 0.25) is 0 Å².